The van der Waals surface area contributed by atoms with Gasteiger partial charge in [-0.25, -0.2) is 0 Å². The zero-order valence-corrected chi connectivity index (χ0v) is 16.4. The Bertz CT molecular complexity index is 603. The minimum absolute atomic E-state index is 0. The van der Waals surface area contributed by atoms with Gasteiger partial charge in [0.25, 0.3) is 0 Å². The predicted octanol–water partition coefficient (Wildman–Crippen LogP) is 5.25. The first-order valence-electron chi connectivity index (χ1n) is 8.42. The SMILES string of the molecule is CC(C)OCCCNCc1ccc(OCc2ccccc2Cl)cc1.Cl. The van der Waals surface area contributed by atoms with Gasteiger partial charge in [-0.3, -0.25) is 0 Å². The molecule has 2 aromatic rings. The molecule has 0 saturated carbocycles. The Kier molecular flexibility index (Phi) is 10.6. The zero-order chi connectivity index (χ0) is 17.2. The van der Waals surface area contributed by atoms with E-state index in [1.165, 1.54) is 5.56 Å². The van der Waals surface area contributed by atoms with Gasteiger partial charge in [0.1, 0.15) is 12.4 Å². The third-order valence-corrected chi connectivity index (χ3v) is 3.92. The van der Waals surface area contributed by atoms with Gasteiger partial charge in [-0.05, 0) is 50.6 Å². The molecule has 0 radical (unpaired) electrons. The second-order valence-electron chi connectivity index (χ2n) is 5.97. The molecular formula is C20H27Cl2NO2. The summed E-state index contributed by atoms with van der Waals surface area (Å²) in [5.41, 5.74) is 2.23. The lowest BCUT2D eigenvalue weighted by Gasteiger charge is -2.10. The van der Waals surface area contributed by atoms with Crippen molar-refractivity contribution in [1.29, 1.82) is 0 Å². The van der Waals surface area contributed by atoms with Gasteiger partial charge in [0.2, 0.25) is 0 Å². The van der Waals surface area contributed by atoms with E-state index in [1.54, 1.807) is 0 Å². The fraction of sp³-hybridized carbons (Fsp3) is 0.400. The van der Waals surface area contributed by atoms with E-state index in [1.807, 2.05) is 36.4 Å². The molecule has 0 aliphatic rings. The Morgan fingerprint density at radius 2 is 1.76 bits per heavy atom. The van der Waals surface area contributed by atoms with Crippen LogP contribution in [0.15, 0.2) is 48.5 Å². The average Bonchev–Trinajstić information content (AvgIpc) is 2.58. The Labute approximate surface area is 162 Å². The molecule has 2 aromatic carbocycles. The lowest BCUT2D eigenvalue weighted by molar-refractivity contribution is 0.0770. The molecule has 1 N–H and O–H groups in total. The van der Waals surface area contributed by atoms with Crippen LogP contribution in [0.4, 0.5) is 0 Å². The van der Waals surface area contributed by atoms with E-state index in [4.69, 9.17) is 21.1 Å². The maximum atomic E-state index is 6.13. The highest BCUT2D eigenvalue weighted by atomic mass is 35.5. The number of rotatable bonds is 10. The summed E-state index contributed by atoms with van der Waals surface area (Å²) >= 11 is 6.13. The van der Waals surface area contributed by atoms with Gasteiger partial charge in [0.15, 0.2) is 0 Å². The third kappa shape index (κ3) is 8.59. The molecule has 138 valence electrons. The molecule has 0 aliphatic carbocycles. The van der Waals surface area contributed by atoms with Crippen LogP contribution >= 0.6 is 24.0 Å². The number of benzene rings is 2. The molecule has 0 aliphatic heterocycles. The van der Waals surface area contributed by atoms with E-state index in [2.05, 4.69) is 31.3 Å². The van der Waals surface area contributed by atoms with Crippen LogP contribution in [0.1, 0.15) is 31.4 Å². The molecule has 25 heavy (non-hydrogen) atoms. The molecule has 0 bridgehead atoms. The second-order valence-corrected chi connectivity index (χ2v) is 6.38. The highest BCUT2D eigenvalue weighted by Gasteiger charge is 2.01. The molecule has 5 heteroatoms. The first-order chi connectivity index (χ1) is 11.6. The van der Waals surface area contributed by atoms with Crippen molar-refractivity contribution in [2.75, 3.05) is 13.2 Å². The fourth-order valence-corrected chi connectivity index (χ4v) is 2.42. The van der Waals surface area contributed by atoms with Crippen molar-refractivity contribution >= 4 is 24.0 Å². The summed E-state index contributed by atoms with van der Waals surface area (Å²) in [6.45, 7) is 7.21. The Morgan fingerprint density at radius 1 is 1.04 bits per heavy atom. The Hall–Kier alpha value is -1.26. The smallest absolute Gasteiger partial charge is 0.119 e. The van der Waals surface area contributed by atoms with Crippen molar-refractivity contribution < 1.29 is 9.47 Å². The molecule has 0 heterocycles. The summed E-state index contributed by atoms with van der Waals surface area (Å²) in [5.74, 6) is 0.851. The van der Waals surface area contributed by atoms with Gasteiger partial charge < -0.3 is 14.8 Å². The Balaban J connectivity index is 0.00000312. The van der Waals surface area contributed by atoms with Crippen molar-refractivity contribution in [2.24, 2.45) is 0 Å². The van der Waals surface area contributed by atoms with Crippen LogP contribution in [-0.2, 0) is 17.9 Å². The fourth-order valence-electron chi connectivity index (χ4n) is 2.23. The van der Waals surface area contributed by atoms with Crippen molar-refractivity contribution in [3.8, 4) is 5.75 Å². The highest BCUT2D eigenvalue weighted by Crippen LogP contribution is 2.18. The lowest BCUT2D eigenvalue weighted by atomic mass is 10.2. The monoisotopic (exact) mass is 383 g/mol. The van der Waals surface area contributed by atoms with Crippen LogP contribution in [0.25, 0.3) is 0 Å². The summed E-state index contributed by atoms with van der Waals surface area (Å²) in [6, 6.07) is 15.9. The summed E-state index contributed by atoms with van der Waals surface area (Å²) < 4.78 is 11.3. The quantitative estimate of drug-likeness (QED) is 0.568. The summed E-state index contributed by atoms with van der Waals surface area (Å²) in [5, 5.41) is 4.16. The van der Waals surface area contributed by atoms with Crippen LogP contribution in [0.2, 0.25) is 5.02 Å². The van der Waals surface area contributed by atoms with Crippen LogP contribution < -0.4 is 10.1 Å². The molecule has 0 amide bonds. The van der Waals surface area contributed by atoms with Crippen LogP contribution in [0, 0.1) is 0 Å². The molecule has 2 rings (SSSR count). The first-order valence-corrected chi connectivity index (χ1v) is 8.80. The van der Waals surface area contributed by atoms with E-state index >= 15 is 0 Å². The number of hydrogen-bond donors (Lipinski definition) is 1. The summed E-state index contributed by atoms with van der Waals surface area (Å²) in [6.07, 6.45) is 1.33. The predicted molar refractivity (Wildman–Crippen MR) is 107 cm³/mol. The van der Waals surface area contributed by atoms with E-state index in [-0.39, 0.29) is 12.4 Å². The van der Waals surface area contributed by atoms with Crippen LogP contribution in [0.5, 0.6) is 5.75 Å². The van der Waals surface area contributed by atoms with Crippen molar-refractivity contribution in [3.63, 3.8) is 0 Å². The van der Waals surface area contributed by atoms with Gasteiger partial charge in [0, 0.05) is 23.7 Å². The second kappa shape index (κ2) is 12.2. The zero-order valence-electron chi connectivity index (χ0n) is 14.8. The highest BCUT2D eigenvalue weighted by molar-refractivity contribution is 6.31. The van der Waals surface area contributed by atoms with E-state index in [0.717, 1.165) is 42.5 Å². The maximum absolute atomic E-state index is 6.13. The van der Waals surface area contributed by atoms with Crippen LogP contribution in [0.3, 0.4) is 0 Å². The van der Waals surface area contributed by atoms with E-state index < -0.39 is 0 Å². The first kappa shape index (κ1) is 21.8. The summed E-state index contributed by atoms with van der Waals surface area (Å²) in [7, 11) is 0. The van der Waals surface area contributed by atoms with E-state index in [0.29, 0.717) is 12.7 Å². The minimum atomic E-state index is 0. The van der Waals surface area contributed by atoms with Crippen molar-refractivity contribution in [2.45, 2.75) is 39.5 Å². The van der Waals surface area contributed by atoms with Gasteiger partial charge in [0.05, 0.1) is 6.10 Å². The molecule has 0 saturated heterocycles. The molecule has 0 fully saturated rings. The number of halogens is 2. The topological polar surface area (TPSA) is 30.5 Å². The largest absolute Gasteiger partial charge is 0.489 e. The van der Waals surface area contributed by atoms with Gasteiger partial charge in [-0.2, -0.15) is 0 Å². The molecule has 0 unspecified atom stereocenters. The molecule has 0 spiro atoms. The third-order valence-electron chi connectivity index (χ3n) is 3.55. The minimum Gasteiger partial charge on any atom is -0.489 e. The number of nitrogens with one attached hydrogen (secondary N) is 1. The molecular weight excluding hydrogens is 357 g/mol. The molecule has 0 atom stereocenters. The van der Waals surface area contributed by atoms with E-state index in [9.17, 15) is 0 Å². The number of ether oxygens (including phenoxy) is 2. The average molecular weight is 384 g/mol. The van der Waals surface area contributed by atoms with Crippen LogP contribution in [-0.4, -0.2) is 19.3 Å². The maximum Gasteiger partial charge on any atom is 0.119 e. The van der Waals surface area contributed by atoms with Gasteiger partial charge in [-0.1, -0.05) is 41.9 Å². The molecule has 0 aromatic heterocycles. The van der Waals surface area contributed by atoms with Gasteiger partial charge >= 0.3 is 0 Å². The van der Waals surface area contributed by atoms with Crippen molar-refractivity contribution in [3.05, 3.63) is 64.7 Å². The lowest BCUT2D eigenvalue weighted by Crippen LogP contribution is -2.17. The molecule has 3 nitrogen and oxygen atoms in total. The van der Waals surface area contributed by atoms with Gasteiger partial charge in [-0.15, -0.1) is 12.4 Å². The normalized spacial score (nSPS) is 10.6. The van der Waals surface area contributed by atoms with Crippen molar-refractivity contribution in [1.82, 2.24) is 5.32 Å². The number of hydrogen-bond acceptors (Lipinski definition) is 3. The Morgan fingerprint density at radius 3 is 2.44 bits per heavy atom. The standard InChI is InChI=1S/C20H26ClNO2.ClH/c1-16(2)23-13-5-12-22-14-17-8-10-19(11-9-17)24-15-18-6-3-4-7-20(18)21;/h3-4,6-11,16,22H,5,12-15H2,1-2H3;1H. The summed E-state index contributed by atoms with van der Waals surface area (Å²) in [4.78, 5) is 0.